The number of anilines is 1. The van der Waals surface area contributed by atoms with Crippen LogP contribution in [-0.4, -0.2) is 21.5 Å². The minimum absolute atomic E-state index is 0.0438. The molecule has 0 heterocycles. The largest absolute Gasteiger partial charge is 0.478 e. The van der Waals surface area contributed by atoms with Crippen LogP contribution in [0.3, 0.4) is 0 Å². The van der Waals surface area contributed by atoms with E-state index in [2.05, 4.69) is 5.32 Å². The summed E-state index contributed by atoms with van der Waals surface area (Å²) in [5, 5.41) is 22.7. The molecule has 0 unspecified atom stereocenters. The third kappa shape index (κ3) is 2.35. The Balaban J connectivity index is 2.39. The molecule has 0 spiro atoms. The topological polar surface area (TPSA) is 92.5 Å². The van der Waals surface area contributed by atoms with E-state index in [1.165, 1.54) is 18.2 Å². The van der Waals surface area contributed by atoms with E-state index in [1.54, 1.807) is 0 Å². The predicted octanol–water partition coefficient (Wildman–Crippen LogP) is 2.26. The van der Waals surface area contributed by atoms with E-state index in [9.17, 15) is 14.9 Å². The monoisotopic (exact) mass is 236 g/mol. The van der Waals surface area contributed by atoms with Crippen LogP contribution >= 0.6 is 0 Å². The summed E-state index contributed by atoms with van der Waals surface area (Å²) in [6, 6.07) is 3.77. The van der Waals surface area contributed by atoms with Crippen molar-refractivity contribution < 1.29 is 14.8 Å². The molecule has 2 rings (SSSR count). The smallest absolute Gasteiger partial charge is 0.335 e. The van der Waals surface area contributed by atoms with Crippen molar-refractivity contribution in [2.45, 2.75) is 25.3 Å². The van der Waals surface area contributed by atoms with Gasteiger partial charge in [-0.3, -0.25) is 10.1 Å². The zero-order valence-electron chi connectivity index (χ0n) is 9.27. The third-order valence-corrected chi connectivity index (χ3v) is 2.88. The molecular weight excluding hydrogens is 224 g/mol. The van der Waals surface area contributed by atoms with Crippen molar-refractivity contribution in [1.82, 2.24) is 0 Å². The van der Waals surface area contributed by atoms with E-state index in [0.717, 1.165) is 12.8 Å². The van der Waals surface area contributed by atoms with Gasteiger partial charge in [-0.15, -0.1) is 0 Å². The number of nitrogens with one attached hydrogen (secondary N) is 1. The van der Waals surface area contributed by atoms with Gasteiger partial charge in [-0.25, -0.2) is 4.79 Å². The van der Waals surface area contributed by atoms with E-state index >= 15 is 0 Å². The summed E-state index contributed by atoms with van der Waals surface area (Å²) in [6.07, 6.45) is 1.86. The first-order valence-electron chi connectivity index (χ1n) is 5.21. The van der Waals surface area contributed by atoms with Crippen LogP contribution < -0.4 is 5.32 Å². The summed E-state index contributed by atoms with van der Waals surface area (Å²) in [6.45, 7) is 1.95. The van der Waals surface area contributed by atoms with Gasteiger partial charge in [0.2, 0.25) is 0 Å². The van der Waals surface area contributed by atoms with E-state index < -0.39 is 10.9 Å². The van der Waals surface area contributed by atoms with Crippen LogP contribution in [0.15, 0.2) is 18.2 Å². The van der Waals surface area contributed by atoms with Gasteiger partial charge in [-0.05, 0) is 31.9 Å². The van der Waals surface area contributed by atoms with E-state index in [4.69, 9.17) is 5.11 Å². The minimum atomic E-state index is -1.09. The Labute approximate surface area is 97.4 Å². The summed E-state index contributed by atoms with van der Waals surface area (Å²) in [4.78, 5) is 21.1. The lowest BCUT2D eigenvalue weighted by Crippen LogP contribution is -2.17. The number of nitro benzene ring substituents is 1. The first kappa shape index (κ1) is 11.4. The highest BCUT2D eigenvalue weighted by atomic mass is 16.6. The lowest BCUT2D eigenvalue weighted by molar-refractivity contribution is -0.384. The number of nitrogens with zero attached hydrogens (tertiary/aromatic N) is 1. The molecule has 1 saturated carbocycles. The normalized spacial score (nSPS) is 16.3. The summed E-state index contributed by atoms with van der Waals surface area (Å²) in [7, 11) is 0. The Morgan fingerprint density at radius 1 is 1.53 bits per heavy atom. The number of rotatable bonds is 4. The van der Waals surface area contributed by atoms with Gasteiger partial charge in [0.25, 0.3) is 5.69 Å². The number of carboxylic acids is 1. The highest BCUT2D eigenvalue weighted by molar-refractivity contribution is 5.90. The second-order valence-electron chi connectivity index (χ2n) is 4.48. The van der Waals surface area contributed by atoms with Crippen molar-refractivity contribution in [3.63, 3.8) is 0 Å². The Morgan fingerprint density at radius 3 is 2.65 bits per heavy atom. The molecule has 1 aromatic carbocycles. The highest BCUT2D eigenvalue weighted by Gasteiger charge is 2.38. The fourth-order valence-electron chi connectivity index (χ4n) is 1.57. The Bertz CT molecular complexity index is 494. The average molecular weight is 236 g/mol. The molecule has 0 atom stereocenters. The standard InChI is InChI=1S/C11H12N2O4/c1-11(4-5-11)12-8-6-7(10(14)15)2-3-9(8)13(16)17/h2-3,6,12H,4-5H2,1H3,(H,14,15). The second-order valence-corrected chi connectivity index (χ2v) is 4.48. The molecular formula is C11H12N2O4. The van der Waals surface area contributed by atoms with Gasteiger partial charge in [0, 0.05) is 11.6 Å². The summed E-state index contributed by atoms with van der Waals surface area (Å²) in [5.74, 6) is -1.09. The Morgan fingerprint density at radius 2 is 2.18 bits per heavy atom. The zero-order valence-corrected chi connectivity index (χ0v) is 9.27. The summed E-state index contributed by atoms with van der Waals surface area (Å²) in [5.41, 5.74) is 0.0856. The Hall–Kier alpha value is -2.11. The van der Waals surface area contributed by atoms with Gasteiger partial charge in [-0.1, -0.05) is 0 Å². The molecule has 1 aliphatic rings. The first-order valence-corrected chi connectivity index (χ1v) is 5.21. The molecule has 0 aliphatic heterocycles. The molecule has 1 aromatic rings. The van der Waals surface area contributed by atoms with Crippen LogP contribution in [0, 0.1) is 10.1 Å². The SMILES string of the molecule is CC1(Nc2cc(C(=O)O)ccc2[N+](=O)[O-])CC1. The van der Waals surface area contributed by atoms with Crippen LogP contribution in [-0.2, 0) is 0 Å². The van der Waals surface area contributed by atoms with Crippen molar-refractivity contribution in [1.29, 1.82) is 0 Å². The number of hydrogen-bond acceptors (Lipinski definition) is 4. The van der Waals surface area contributed by atoms with Crippen molar-refractivity contribution in [3.05, 3.63) is 33.9 Å². The van der Waals surface area contributed by atoms with E-state index in [0.29, 0.717) is 0 Å². The van der Waals surface area contributed by atoms with Gasteiger partial charge >= 0.3 is 5.97 Å². The van der Waals surface area contributed by atoms with Gasteiger partial charge < -0.3 is 10.4 Å². The zero-order chi connectivity index (χ0) is 12.6. The molecule has 6 heteroatoms. The number of hydrogen-bond donors (Lipinski definition) is 2. The molecule has 2 N–H and O–H groups in total. The fraction of sp³-hybridized carbons (Fsp3) is 0.364. The maximum Gasteiger partial charge on any atom is 0.335 e. The molecule has 90 valence electrons. The van der Waals surface area contributed by atoms with Crippen LogP contribution in [0.2, 0.25) is 0 Å². The van der Waals surface area contributed by atoms with Gasteiger partial charge in [0.15, 0.2) is 0 Å². The molecule has 1 fully saturated rings. The first-order chi connectivity index (χ1) is 7.91. The van der Waals surface area contributed by atoms with Crippen LogP contribution in [0.25, 0.3) is 0 Å². The Kier molecular flexibility index (Phi) is 2.49. The highest BCUT2D eigenvalue weighted by Crippen LogP contribution is 2.40. The molecule has 6 nitrogen and oxygen atoms in total. The molecule has 0 aromatic heterocycles. The number of carbonyl (C=O) groups is 1. The molecule has 0 amide bonds. The van der Waals surface area contributed by atoms with Crippen molar-refractivity contribution >= 4 is 17.3 Å². The van der Waals surface area contributed by atoms with Crippen LogP contribution in [0.1, 0.15) is 30.1 Å². The number of nitro groups is 1. The number of aromatic carboxylic acids is 1. The lowest BCUT2D eigenvalue weighted by atomic mass is 10.1. The van der Waals surface area contributed by atoms with Crippen molar-refractivity contribution in [3.8, 4) is 0 Å². The lowest BCUT2D eigenvalue weighted by Gasteiger charge is -2.13. The maximum atomic E-state index is 10.8. The van der Waals surface area contributed by atoms with Crippen molar-refractivity contribution in [2.75, 3.05) is 5.32 Å². The second kappa shape index (κ2) is 3.73. The number of benzene rings is 1. The van der Waals surface area contributed by atoms with Gasteiger partial charge in [0.1, 0.15) is 5.69 Å². The minimum Gasteiger partial charge on any atom is -0.478 e. The van der Waals surface area contributed by atoms with Crippen molar-refractivity contribution in [2.24, 2.45) is 0 Å². The fourth-order valence-corrected chi connectivity index (χ4v) is 1.57. The quantitative estimate of drug-likeness (QED) is 0.617. The summed E-state index contributed by atoms with van der Waals surface area (Å²) >= 11 is 0. The predicted molar refractivity (Wildman–Crippen MR) is 61.3 cm³/mol. The average Bonchev–Trinajstić information content (AvgIpc) is 2.95. The molecule has 0 saturated heterocycles. The van der Waals surface area contributed by atoms with E-state index in [-0.39, 0.29) is 22.5 Å². The molecule has 1 aliphatic carbocycles. The van der Waals surface area contributed by atoms with Gasteiger partial charge in [-0.2, -0.15) is 0 Å². The van der Waals surface area contributed by atoms with Crippen LogP contribution in [0.5, 0.6) is 0 Å². The maximum absolute atomic E-state index is 10.8. The third-order valence-electron chi connectivity index (χ3n) is 2.88. The number of carboxylic acid groups (broad SMARTS) is 1. The molecule has 0 bridgehead atoms. The molecule has 17 heavy (non-hydrogen) atoms. The summed E-state index contributed by atoms with van der Waals surface area (Å²) < 4.78 is 0. The van der Waals surface area contributed by atoms with Crippen LogP contribution in [0.4, 0.5) is 11.4 Å². The molecule has 0 radical (unpaired) electrons. The van der Waals surface area contributed by atoms with Gasteiger partial charge in [0.05, 0.1) is 10.5 Å². The van der Waals surface area contributed by atoms with E-state index in [1.807, 2.05) is 6.92 Å².